The van der Waals surface area contributed by atoms with Gasteiger partial charge in [-0.3, -0.25) is 4.79 Å². The van der Waals surface area contributed by atoms with Crippen LogP contribution in [-0.2, 0) is 0 Å². The van der Waals surface area contributed by atoms with Gasteiger partial charge in [-0.05, 0) is 18.9 Å². The van der Waals surface area contributed by atoms with E-state index in [1.165, 1.54) is 6.92 Å². The van der Waals surface area contributed by atoms with Crippen molar-refractivity contribution in [2.75, 3.05) is 0 Å². The van der Waals surface area contributed by atoms with Crippen LogP contribution in [0.1, 0.15) is 42.4 Å². The van der Waals surface area contributed by atoms with Gasteiger partial charge in [-0.1, -0.05) is 31.2 Å². The molecule has 0 heterocycles. The summed E-state index contributed by atoms with van der Waals surface area (Å²) in [6.45, 7) is 3.30. The fraction of sp³-hybridized carbons (Fsp3) is 0.364. The molecule has 0 fully saturated rings. The molecule has 0 amide bonds. The van der Waals surface area contributed by atoms with Gasteiger partial charge >= 0.3 is 0 Å². The van der Waals surface area contributed by atoms with Crippen LogP contribution in [0.25, 0.3) is 0 Å². The number of rotatable bonds is 3. The average molecular weight is 180 g/mol. The lowest BCUT2D eigenvalue weighted by atomic mass is 10.0. The van der Waals surface area contributed by atoms with Crippen molar-refractivity contribution >= 4 is 5.78 Å². The smallest absolute Gasteiger partial charge is 0.159 e. The Kier molecular flexibility index (Phi) is 3.18. The highest BCUT2D eigenvalue weighted by atomic mass is 19.1. The van der Waals surface area contributed by atoms with Gasteiger partial charge in [0.25, 0.3) is 0 Å². The second kappa shape index (κ2) is 4.17. The minimum Gasteiger partial charge on any atom is -0.295 e. The first-order valence-electron chi connectivity index (χ1n) is 4.40. The molecule has 1 unspecified atom stereocenters. The SMILES string of the molecule is CCC(F)c1ccc(C(C)=O)cc1. The van der Waals surface area contributed by atoms with E-state index in [1.54, 1.807) is 31.2 Å². The summed E-state index contributed by atoms with van der Waals surface area (Å²) in [6.07, 6.45) is -0.444. The molecule has 1 aromatic rings. The maximum absolute atomic E-state index is 13.1. The van der Waals surface area contributed by atoms with E-state index in [0.717, 1.165) is 0 Å². The van der Waals surface area contributed by atoms with Gasteiger partial charge in [0.15, 0.2) is 5.78 Å². The third-order valence-corrected chi connectivity index (χ3v) is 2.04. The van der Waals surface area contributed by atoms with E-state index in [1.807, 2.05) is 0 Å². The summed E-state index contributed by atoms with van der Waals surface area (Å²) in [4.78, 5) is 10.9. The second-order valence-electron chi connectivity index (χ2n) is 3.05. The molecule has 0 aromatic heterocycles. The molecule has 0 bridgehead atoms. The van der Waals surface area contributed by atoms with Crippen LogP contribution >= 0.6 is 0 Å². The number of alkyl halides is 1. The number of carbonyl (C=O) groups is 1. The lowest BCUT2D eigenvalue weighted by Gasteiger charge is -2.05. The molecule has 0 aliphatic rings. The van der Waals surface area contributed by atoms with E-state index in [-0.39, 0.29) is 5.78 Å². The molecule has 0 saturated carbocycles. The quantitative estimate of drug-likeness (QED) is 0.652. The zero-order chi connectivity index (χ0) is 9.84. The number of hydrogen-bond donors (Lipinski definition) is 0. The third-order valence-electron chi connectivity index (χ3n) is 2.04. The zero-order valence-corrected chi connectivity index (χ0v) is 7.88. The Labute approximate surface area is 77.6 Å². The fourth-order valence-electron chi connectivity index (χ4n) is 1.16. The molecule has 2 heteroatoms. The van der Waals surface area contributed by atoms with E-state index in [2.05, 4.69) is 0 Å². The first-order valence-corrected chi connectivity index (χ1v) is 4.40. The Bertz CT molecular complexity index is 289. The Balaban J connectivity index is 2.87. The van der Waals surface area contributed by atoms with Crippen LogP contribution in [0.4, 0.5) is 4.39 Å². The van der Waals surface area contributed by atoms with Gasteiger partial charge in [0.05, 0.1) is 0 Å². The van der Waals surface area contributed by atoms with Crippen LogP contribution in [0.3, 0.4) is 0 Å². The van der Waals surface area contributed by atoms with E-state index in [4.69, 9.17) is 0 Å². The molecule has 0 radical (unpaired) electrons. The molecule has 1 nitrogen and oxygen atoms in total. The molecule has 0 N–H and O–H groups in total. The van der Waals surface area contributed by atoms with Crippen molar-refractivity contribution in [1.82, 2.24) is 0 Å². The summed E-state index contributed by atoms with van der Waals surface area (Å²) in [5, 5.41) is 0. The van der Waals surface area contributed by atoms with Crippen molar-refractivity contribution in [3.63, 3.8) is 0 Å². The number of ketones is 1. The minimum atomic E-state index is -0.916. The number of carbonyl (C=O) groups excluding carboxylic acids is 1. The van der Waals surface area contributed by atoms with Gasteiger partial charge in [0.2, 0.25) is 0 Å². The lowest BCUT2D eigenvalue weighted by Crippen LogP contribution is -1.94. The summed E-state index contributed by atoms with van der Waals surface area (Å²) in [6, 6.07) is 6.68. The third kappa shape index (κ3) is 2.38. The molecular formula is C11H13FO. The lowest BCUT2D eigenvalue weighted by molar-refractivity contribution is 0.101. The summed E-state index contributed by atoms with van der Waals surface area (Å²) in [5.41, 5.74) is 1.28. The van der Waals surface area contributed by atoms with Crippen LogP contribution in [0.2, 0.25) is 0 Å². The predicted octanol–water partition coefficient (Wildman–Crippen LogP) is 3.31. The Morgan fingerprint density at radius 3 is 2.31 bits per heavy atom. The first-order chi connectivity index (χ1) is 6.15. The summed E-state index contributed by atoms with van der Waals surface area (Å²) in [7, 11) is 0. The Hall–Kier alpha value is -1.18. The van der Waals surface area contributed by atoms with Crippen LogP contribution in [-0.4, -0.2) is 5.78 Å². The molecular weight excluding hydrogens is 167 g/mol. The standard InChI is InChI=1S/C11H13FO/c1-3-11(12)10-6-4-9(5-7-10)8(2)13/h4-7,11H,3H2,1-2H3. The number of halogens is 1. The minimum absolute atomic E-state index is 0.0125. The monoisotopic (exact) mass is 180 g/mol. The van der Waals surface area contributed by atoms with Gasteiger partial charge in [0, 0.05) is 5.56 Å². The highest BCUT2D eigenvalue weighted by Gasteiger charge is 2.06. The van der Waals surface area contributed by atoms with E-state index < -0.39 is 6.17 Å². The highest BCUT2D eigenvalue weighted by molar-refractivity contribution is 5.94. The maximum atomic E-state index is 13.1. The van der Waals surface area contributed by atoms with Crippen LogP contribution < -0.4 is 0 Å². The average Bonchev–Trinajstić information content (AvgIpc) is 2.17. The summed E-state index contributed by atoms with van der Waals surface area (Å²) < 4.78 is 13.1. The van der Waals surface area contributed by atoms with Gasteiger partial charge in [-0.15, -0.1) is 0 Å². The highest BCUT2D eigenvalue weighted by Crippen LogP contribution is 2.20. The fourth-order valence-corrected chi connectivity index (χ4v) is 1.16. The van der Waals surface area contributed by atoms with Crippen molar-refractivity contribution in [3.05, 3.63) is 35.4 Å². The first kappa shape index (κ1) is 9.90. The molecule has 0 aliphatic carbocycles. The molecule has 70 valence electrons. The van der Waals surface area contributed by atoms with Crippen molar-refractivity contribution in [2.45, 2.75) is 26.4 Å². The molecule has 0 saturated heterocycles. The number of hydrogen-bond acceptors (Lipinski definition) is 1. The zero-order valence-electron chi connectivity index (χ0n) is 7.88. The van der Waals surface area contributed by atoms with E-state index >= 15 is 0 Å². The van der Waals surface area contributed by atoms with Crippen LogP contribution in [0.5, 0.6) is 0 Å². The molecule has 1 atom stereocenters. The van der Waals surface area contributed by atoms with Crippen molar-refractivity contribution in [2.24, 2.45) is 0 Å². The molecule has 13 heavy (non-hydrogen) atoms. The van der Waals surface area contributed by atoms with Crippen molar-refractivity contribution in [1.29, 1.82) is 0 Å². The maximum Gasteiger partial charge on any atom is 0.159 e. The molecule has 0 spiro atoms. The Morgan fingerprint density at radius 1 is 1.38 bits per heavy atom. The summed E-state index contributed by atoms with van der Waals surface area (Å²) >= 11 is 0. The van der Waals surface area contributed by atoms with Gasteiger partial charge in [-0.25, -0.2) is 4.39 Å². The number of benzene rings is 1. The predicted molar refractivity (Wildman–Crippen MR) is 50.6 cm³/mol. The van der Waals surface area contributed by atoms with Crippen LogP contribution in [0.15, 0.2) is 24.3 Å². The van der Waals surface area contributed by atoms with Crippen molar-refractivity contribution < 1.29 is 9.18 Å². The Morgan fingerprint density at radius 2 is 1.92 bits per heavy atom. The second-order valence-corrected chi connectivity index (χ2v) is 3.05. The van der Waals surface area contributed by atoms with Crippen molar-refractivity contribution in [3.8, 4) is 0 Å². The summed E-state index contributed by atoms with van der Waals surface area (Å²) in [5.74, 6) is 0.0125. The van der Waals surface area contributed by atoms with Gasteiger partial charge < -0.3 is 0 Å². The van der Waals surface area contributed by atoms with Gasteiger partial charge in [-0.2, -0.15) is 0 Å². The molecule has 0 aliphatic heterocycles. The molecule has 1 rings (SSSR count). The van der Waals surface area contributed by atoms with E-state index in [0.29, 0.717) is 17.5 Å². The largest absolute Gasteiger partial charge is 0.295 e. The van der Waals surface area contributed by atoms with Crippen LogP contribution in [0, 0.1) is 0 Å². The number of Topliss-reactive ketones (excluding diaryl/α,β-unsaturated/α-hetero) is 1. The molecule has 1 aromatic carbocycles. The van der Waals surface area contributed by atoms with Gasteiger partial charge in [0.1, 0.15) is 6.17 Å². The normalized spacial score (nSPS) is 12.5. The van der Waals surface area contributed by atoms with E-state index in [9.17, 15) is 9.18 Å². The topological polar surface area (TPSA) is 17.1 Å².